The number of aromatic nitrogens is 2. The molecule has 2 amide bonds. The minimum absolute atomic E-state index is 0.000606. The molecule has 8 nitrogen and oxygen atoms in total. The highest BCUT2D eigenvalue weighted by molar-refractivity contribution is 6.00. The van der Waals surface area contributed by atoms with Gasteiger partial charge in [0.2, 0.25) is 11.8 Å². The van der Waals surface area contributed by atoms with Gasteiger partial charge in [0.1, 0.15) is 11.6 Å². The van der Waals surface area contributed by atoms with Crippen LogP contribution in [0.25, 0.3) is 0 Å². The molecule has 0 unspecified atom stereocenters. The van der Waals surface area contributed by atoms with Crippen molar-refractivity contribution in [3.8, 4) is 0 Å². The van der Waals surface area contributed by atoms with E-state index in [-0.39, 0.29) is 11.8 Å². The number of nitrogens with one attached hydrogen (secondary N) is 1. The molecule has 4 fully saturated rings. The molecule has 1 spiro atoms. The predicted octanol–water partition coefficient (Wildman–Crippen LogP) is 4.16. The number of likely N-dealkylation sites (tertiary alicyclic amines) is 1. The van der Waals surface area contributed by atoms with Gasteiger partial charge in [0, 0.05) is 43.9 Å². The summed E-state index contributed by atoms with van der Waals surface area (Å²) in [5, 5.41) is 19.2. The van der Waals surface area contributed by atoms with Gasteiger partial charge < -0.3 is 15.3 Å². The fourth-order valence-electron chi connectivity index (χ4n) is 7.76. The number of hydrogen-bond acceptors (Lipinski definition) is 5. The molecule has 2 aliphatic heterocycles. The Balaban J connectivity index is 1.26. The van der Waals surface area contributed by atoms with Crippen molar-refractivity contribution in [3.05, 3.63) is 17.0 Å². The first-order valence-corrected chi connectivity index (χ1v) is 15.4. The molecule has 1 aromatic heterocycles. The van der Waals surface area contributed by atoms with Crippen LogP contribution in [0.3, 0.4) is 0 Å². The highest BCUT2D eigenvalue weighted by atomic mass is 16.3. The predicted molar refractivity (Wildman–Crippen MR) is 148 cm³/mol. The number of nitrogens with zero attached hydrogens (tertiary/aromatic N) is 4. The Kier molecular flexibility index (Phi) is 8.20. The molecule has 2 saturated heterocycles. The summed E-state index contributed by atoms with van der Waals surface area (Å²) in [7, 11) is 0. The fourth-order valence-corrected chi connectivity index (χ4v) is 7.76. The van der Waals surface area contributed by atoms with Crippen LogP contribution >= 0.6 is 0 Å². The fraction of sp³-hybridized carbons (Fsp3) is 0.833. The summed E-state index contributed by atoms with van der Waals surface area (Å²) < 4.78 is 2.28. The van der Waals surface area contributed by atoms with E-state index in [9.17, 15) is 14.7 Å². The third-order valence-electron chi connectivity index (χ3n) is 10.1. The maximum atomic E-state index is 13.7. The van der Waals surface area contributed by atoms with Crippen molar-refractivity contribution in [2.75, 3.05) is 19.6 Å². The molecule has 8 heteroatoms. The molecular formula is C30H49N5O3. The molecule has 2 N–H and O–H groups in total. The molecule has 38 heavy (non-hydrogen) atoms. The van der Waals surface area contributed by atoms with Crippen molar-refractivity contribution >= 4 is 11.8 Å². The van der Waals surface area contributed by atoms with E-state index in [2.05, 4.69) is 35.7 Å². The highest BCUT2D eigenvalue weighted by Gasteiger charge is 2.54. The van der Waals surface area contributed by atoms with Gasteiger partial charge in [0.25, 0.3) is 0 Å². The average molecular weight is 528 g/mol. The van der Waals surface area contributed by atoms with E-state index in [1.165, 1.54) is 43.4 Å². The SMILES string of the molecule is CCCN1C(=O)[C@@H](CC2(O)CCCCC2)NC(=O)C12CCN(Cc1c(C)nn(C3CCCCC3)c1C)CC2. The molecule has 3 heterocycles. The maximum absolute atomic E-state index is 13.7. The first kappa shape index (κ1) is 27.6. The summed E-state index contributed by atoms with van der Waals surface area (Å²) in [5.41, 5.74) is 2.12. The number of aliphatic hydroxyl groups is 1. The topological polar surface area (TPSA) is 90.7 Å². The van der Waals surface area contributed by atoms with Crippen molar-refractivity contribution in [1.29, 1.82) is 0 Å². The van der Waals surface area contributed by atoms with Crippen LogP contribution in [0.15, 0.2) is 0 Å². The lowest BCUT2D eigenvalue weighted by Crippen LogP contribution is -2.73. The maximum Gasteiger partial charge on any atom is 0.246 e. The quantitative estimate of drug-likeness (QED) is 0.556. The van der Waals surface area contributed by atoms with E-state index in [1.807, 2.05) is 4.90 Å². The van der Waals surface area contributed by atoms with Gasteiger partial charge in [-0.2, -0.15) is 5.10 Å². The zero-order valence-electron chi connectivity index (χ0n) is 23.9. The Morgan fingerprint density at radius 2 is 1.63 bits per heavy atom. The van der Waals surface area contributed by atoms with Gasteiger partial charge in [-0.3, -0.25) is 19.2 Å². The van der Waals surface area contributed by atoms with E-state index in [0.717, 1.165) is 63.9 Å². The summed E-state index contributed by atoms with van der Waals surface area (Å²) >= 11 is 0. The van der Waals surface area contributed by atoms with Crippen LogP contribution in [0.2, 0.25) is 0 Å². The van der Waals surface area contributed by atoms with Crippen LogP contribution in [0, 0.1) is 13.8 Å². The van der Waals surface area contributed by atoms with Gasteiger partial charge in [-0.05, 0) is 58.8 Å². The summed E-state index contributed by atoms with van der Waals surface area (Å²) in [4.78, 5) is 31.8. The van der Waals surface area contributed by atoms with Gasteiger partial charge in [0.15, 0.2) is 0 Å². The Bertz CT molecular complexity index is 1000. The van der Waals surface area contributed by atoms with Crippen molar-refractivity contribution in [2.24, 2.45) is 0 Å². The molecule has 0 aromatic carbocycles. The Hall–Kier alpha value is -1.93. The van der Waals surface area contributed by atoms with Crippen molar-refractivity contribution in [2.45, 2.75) is 140 Å². The molecule has 5 rings (SSSR count). The number of rotatable bonds is 7. The monoisotopic (exact) mass is 527 g/mol. The zero-order valence-corrected chi connectivity index (χ0v) is 23.9. The first-order valence-electron chi connectivity index (χ1n) is 15.4. The van der Waals surface area contributed by atoms with Crippen LogP contribution in [-0.2, 0) is 16.1 Å². The van der Waals surface area contributed by atoms with Gasteiger partial charge in [0.05, 0.1) is 17.3 Å². The molecular weight excluding hydrogens is 478 g/mol. The van der Waals surface area contributed by atoms with Crippen molar-refractivity contribution in [1.82, 2.24) is 24.9 Å². The summed E-state index contributed by atoms with van der Waals surface area (Å²) in [6.45, 7) is 9.41. The lowest BCUT2D eigenvalue weighted by Gasteiger charge is -2.52. The largest absolute Gasteiger partial charge is 0.390 e. The third kappa shape index (κ3) is 5.27. The van der Waals surface area contributed by atoms with Crippen LogP contribution in [0.1, 0.15) is 120 Å². The van der Waals surface area contributed by atoms with Crippen LogP contribution < -0.4 is 5.32 Å². The third-order valence-corrected chi connectivity index (χ3v) is 10.1. The zero-order chi connectivity index (χ0) is 26.9. The lowest BCUT2D eigenvalue weighted by atomic mass is 9.77. The molecule has 0 bridgehead atoms. The first-order chi connectivity index (χ1) is 18.3. The number of amides is 2. The Labute approximate surface area is 228 Å². The summed E-state index contributed by atoms with van der Waals surface area (Å²) in [5.74, 6) is -0.0218. The second-order valence-electron chi connectivity index (χ2n) is 12.7. The van der Waals surface area contributed by atoms with Crippen LogP contribution in [0.5, 0.6) is 0 Å². The van der Waals surface area contributed by atoms with E-state index in [4.69, 9.17) is 5.10 Å². The average Bonchev–Trinajstić information content (AvgIpc) is 3.20. The number of aryl methyl sites for hydroxylation is 1. The second-order valence-corrected chi connectivity index (χ2v) is 12.7. The van der Waals surface area contributed by atoms with Crippen LogP contribution in [0.4, 0.5) is 0 Å². The lowest BCUT2D eigenvalue weighted by molar-refractivity contribution is -0.163. The minimum Gasteiger partial charge on any atom is -0.390 e. The smallest absolute Gasteiger partial charge is 0.246 e. The number of piperazine rings is 1. The van der Waals surface area contributed by atoms with Gasteiger partial charge in [-0.1, -0.05) is 45.4 Å². The molecule has 1 atom stereocenters. The second kappa shape index (κ2) is 11.3. The Morgan fingerprint density at radius 1 is 0.974 bits per heavy atom. The number of hydrogen-bond donors (Lipinski definition) is 2. The van der Waals surface area contributed by atoms with Crippen LogP contribution in [-0.4, -0.2) is 73.3 Å². The van der Waals surface area contributed by atoms with Gasteiger partial charge in [-0.15, -0.1) is 0 Å². The molecule has 1 aromatic rings. The van der Waals surface area contributed by atoms with Crippen molar-refractivity contribution < 1.29 is 14.7 Å². The van der Waals surface area contributed by atoms with E-state index in [1.54, 1.807) is 0 Å². The van der Waals surface area contributed by atoms with E-state index < -0.39 is 17.2 Å². The minimum atomic E-state index is -0.838. The molecule has 4 aliphatic rings. The van der Waals surface area contributed by atoms with Gasteiger partial charge in [-0.25, -0.2) is 0 Å². The van der Waals surface area contributed by atoms with Crippen molar-refractivity contribution in [3.63, 3.8) is 0 Å². The number of piperidine rings is 1. The van der Waals surface area contributed by atoms with Gasteiger partial charge >= 0.3 is 0 Å². The van der Waals surface area contributed by atoms with E-state index >= 15 is 0 Å². The standard InChI is InChI=1S/C30H49N5O3/c1-4-17-34-27(36)26(20-29(38)13-9-6-10-14-29)31-28(37)30(34)15-18-33(19-16-30)21-25-22(2)32-35(23(25)3)24-11-7-5-8-12-24/h24,26,38H,4-21H2,1-3H3,(H,31,37)/t26-/m1/s1. The molecule has 0 radical (unpaired) electrons. The summed E-state index contributed by atoms with van der Waals surface area (Å²) in [6, 6.07) is -0.0864. The van der Waals surface area contributed by atoms with E-state index in [0.29, 0.717) is 31.8 Å². The molecule has 212 valence electrons. The summed E-state index contributed by atoms with van der Waals surface area (Å²) in [6.07, 6.45) is 13.4. The molecule has 2 saturated carbocycles. The highest BCUT2D eigenvalue weighted by Crippen LogP contribution is 2.38. The molecule has 2 aliphatic carbocycles. The Morgan fingerprint density at radius 3 is 2.29 bits per heavy atom. The number of carbonyl (C=O) groups excluding carboxylic acids is 2. The number of carbonyl (C=O) groups is 2. The normalized spacial score (nSPS) is 26.6.